The Morgan fingerprint density at radius 1 is 1.20 bits per heavy atom. The maximum Gasteiger partial charge on any atom is 0.254 e. The van der Waals surface area contributed by atoms with Gasteiger partial charge in [0.1, 0.15) is 5.82 Å². The Bertz CT molecular complexity index is 628. The molecule has 0 radical (unpaired) electrons. The van der Waals surface area contributed by atoms with Gasteiger partial charge in [0.15, 0.2) is 0 Å². The van der Waals surface area contributed by atoms with E-state index in [1.807, 2.05) is 24.3 Å². The summed E-state index contributed by atoms with van der Waals surface area (Å²) >= 11 is 3.24. The molecule has 0 spiro atoms. The summed E-state index contributed by atoms with van der Waals surface area (Å²) in [6.45, 7) is 2.46. The van der Waals surface area contributed by atoms with Crippen LogP contribution in [0.25, 0.3) is 0 Å². The number of aryl methyl sites for hydroxylation is 1. The number of halogens is 2. The number of hydrogen-bond acceptors (Lipinski definition) is 1. The molecule has 2 rings (SSSR count). The van der Waals surface area contributed by atoms with E-state index in [2.05, 4.69) is 28.2 Å². The molecule has 0 atom stereocenters. The van der Waals surface area contributed by atoms with Crippen molar-refractivity contribution >= 4 is 21.8 Å². The lowest BCUT2D eigenvalue weighted by Crippen LogP contribution is -2.24. The maximum absolute atomic E-state index is 13.6. The highest BCUT2D eigenvalue weighted by Gasteiger charge is 2.12. The second-order valence-electron chi connectivity index (χ2n) is 4.43. The first-order valence-electron chi connectivity index (χ1n) is 6.42. The largest absolute Gasteiger partial charge is 0.348 e. The first-order valence-corrected chi connectivity index (χ1v) is 7.21. The molecule has 0 aliphatic carbocycles. The Morgan fingerprint density at radius 2 is 1.90 bits per heavy atom. The molecule has 1 N–H and O–H groups in total. The molecule has 104 valence electrons. The number of nitrogens with one attached hydrogen (secondary N) is 1. The van der Waals surface area contributed by atoms with Gasteiger partial charge in [0.05, 0.1) is 5.56 Å². The summed E-state index contributed by atoms with van der Waals surface area (Å²) in [5, 5.41) is 2.76. The van der Waals surface area contributed by atoms with Gasteiger partial charge in [0.2, 0.25) is 0 Å². The zero-order valence-electron chi connectivity index (χ0n) is 11.1. The lowest BCUT2D eigenvalue weighted by Gasteiger charge is -2.10. The molecule has 0 saturated carbocycles. The fourth-order valence-electron chi connectivity index (χ4n) is 2.02. The summed E-state index contributed by atoms with van der Waals surface area (Å²) in [6, 6.07) is 12.2. The van der Waals surface area contributed by atoms with Crippen LogP contribution in [0.4, 0.5) is 4.39 Å². The van der Waals surface area contributed by atoms with Gasteiger partial charge in [-0.1, -0.05) is 47.1 Å². The first kappa shape index (κ1) is 14.7. The topological polar surface area (TPSA) is 29.1 Å². The minimum absolute atomic E-state index is 0.0494. The van der Waals surface area contributed by atoms with Crippen molar-refractivity contribution in [2.45, 2.75) is 19.9 Å². The van der Waals surface area contributed by atoms with Crippen LogP contribution in [0.3, 0.4) is 0 Å². The molecule has 0 aliphatic rings. The van der Waals surface area contributed by atoms with E-state index >= 15 is 0 Å². The summed E-state index contributed by atoms with van der Waals surface area (Å²) in [4.78, 5) is 12.0. The molecule has 0 saturated heterocycles. The second-order valence-corrected chi connectivity index (χ2v) is 5.34. The molecular weight excluding hydrogens is 321 g/mol. The Morgan fingerprint density at radius 3 is 2.60 bits per heavy atom. The molecule has 2 aromatic carbocycles. The maximum atomic E-state index is 13.6. The van der Waals surface area contributed by atoms with E-state index in [4.69, 9.17) is 0 Å². The smallest absolute Gasteiger partial charge is 0.254 e. The van der Waals surface area contributed by atoms with Gasteiger partial charge in [-0.15, -0.1) is 0 Å². The van der Waals surface area contributed by atoms with Crippen molar-refractivity contribution in [3.8, 4) is 0 Å². The van der Waals surface area contributed by atoms with Gasteiger partial charge in [-0.3, -0.25) is 4.79 Å². The second kappa shape index (κ2) is 6.66. The van der Waals surface area contributed by atoms with Gasteiger partial charge in [0, 0.05) is 11.0 Å². The SMILES string of the molecule is CCc1ccccc1CNC(=O)c1cc(Br)ccc1F. The summed E-state index contributed by atoms with van der Waals surface area (Å²) < 4.78 is 14.3. The van der Waals surface area contributed by atoms with Crippen molar-refractivity contribution in [3.05, 3.63) is 69.4 Å². The summed E-state index contributed by atoms with van der Waals surface area (Å²) in [5.74, 6) is -0.927. The minimum atomic E-state index is -0.519. The predicted molar refractivity (Wildman–Crippen MR) is 81.1 cm³/mol. The van der Waals surface area contributed by atoms with E-state index in [0.717, 1.165) is 12.0 Å². The molecule has 0 heterocycles. The monoisotopic (exact) mass is 335 g/mol. The van der Waals surface area contributed by atoms with Crippen molar-refractivity contribution in [1.82, 2.24) is 5.32 Å². The molecule has 0 unspecified atom stereocenters. The van der Waals surface area contributed by atoms with E-state index in [1.54, 1.807) is 6.07 Å². The lowest BCUT2D eigenvalue weighted by atomic mass is 10.1. The van der Waals surface area contributed by atoms with Crippen molar-refractivity contribution in [2.24, 2.45) is 0 Å². The molecule has 4 heteroatoms. The van der Waals surface area contributed by atoms with Crippen molar-refractivity contribution in [3.63, 3.8) is 0 Å². The van der Waals surface area contributed by atoms with Gasteiger partial charge in [-0.25, -0.2) is 4.39 Å². The van der Waals surface area contributed by atoms with Crippen LogP contribution in [-0.4, -0.2) is 5.91 Å². The van der Waals surface area contributed by atoms with Crippen LogP contribution in [0.15, 0.2) is 46.9 Å². The molecule has 0 fully saturated rings. The average molecular weight is 336 g/mol. The standard InChI is InChI=1S/C16H15BrFNO/c1-2-11-5-3-4-6-12(11)10-19-16(20)14-9-13(17)7-8-15(14)18/h3-9H,2,10H2,1H3,(H,19,20). The third-order valence-corrected chi connectivity index (χ3v) is 3.60. The van der Waals surface area contributed by atoms with E-state index < -0.39 is 11.7 Å². The molecule has 2 nitrogen and oxygen atoms in total. The minimum Gasteiger partial charge on any atom is -0.348 e. The summed E-state index contributed by atoms with van der Waals surface area (Å²) in [6.07, 6.45) is 0.900. The van der Waals surface area contributed by atoms with E-state index in [1.165, 1.54) is 17.7 Å². The number of amides is 1. The van der Waals surface area contributed by atoms with Crippen LogP contribution in [0, 0.1) is 5.82 Å². The first-order chi connectivity index (χ1) is 9.61. The highest BCUT2D eigenvalue weighted by atomic mass is 79.9. The Labute approximate surface area is 126 Å². The summed E-state index contributed by atoms with van der Waals surface area (Å²) in [5.41, 5.74) is 2.29. The predicted octanol–water partition coefficient (Wildman–Crippen LogP) is 4.08. The number of rotatable bonds is 4. The van der Waals surface area contributed by atoms with E-state index in [0.29, 0.717) is 11.0 Å². The van der Waals surface area contributed by atoms with Crippen molar-refractivity contribution < 1.29 is 9.18 Å². The highest BCUT2D eigenvalue weighted by molar-refractivity contribution is 9.10. The molecule has 20 heavy (non-hydrogen) atoms. The number of benzene rings is 2. The van der Waals surface area contributed by atoms with Gasteiger partial charge < -0.3 is 5.32 Å². The van der Waals surface area contributed by atoms with Crippen molar-refractivity contribution in [2.75, 3.05) is 0 Å². The van der Waals surface area contributed by atoms with Gasteiger partial charge in [-0.05, 0) is 35.7 Å². The molecule has 0 aromatic heterocycles. The van der Waals surface area contributed by atoms with Crippen LogP contribution in [0.5, 0.6) is 0 Å². The van der Waals surface area contributed by atoms with Crippen LogP contribution in [0.1, 0.15) is 28.4 Å². The molecule has 0 aliphatic heterocycles. The van der Waals surface area contributed by atoms with Crippen LogP contribution < -0.4 is 5.32 Å². The fourth-order valence-corrected chi connectivity index (χ4v) is 2.38. The fraction of sp³-hybridized carbons (Fsp3) is 0.188. The highest BCUT2D eigenvalue weighted by Crippen LogP contribution is 2.16. The number of hydrogen-bond donors (Lipinski definition) is 1. The zero-order valence-corrected chi connectivity index (χ0v) is 12.7. The van der Waals surface area contributed by atoms with Crippen LogP contribution >= 0.6 is 15.9 Å². The van der Waals surface area contributed by atoms with Crippen LogP contribution in [0.2, 0.25) is 0 Å². The van der Waals surface area contributed by atoms with Gasteiger partial charge in [-0.2, -0.15) is 0 Å². The number of carbonyl (C=O) groups excluding carboxylic acids is 1. The normalized spacial score (nSPS) is 10.3. The Balaban J connectivity index is 2.11. The Hall–Kier alpha value is -1.68. The van der Waals surface area contributed by atoms with E-state index in [-0.39, 0.29) is 5.56 Å². The van der Waals surface area contributed by atoms with Gasteiger partial charge >= 0.3 is 0 Å². The quantitative estimate of drug-likeness (QED) is 0.896. The van der Waals surface area contributed by atoms with Crippen molar-refractivity contribution in [1.29, 1.82) is 0 Å². The average Bonchev–Trinajstić information content (AvgIpc) is 2.47. The van der Waals surface area contributed by atoms with Crippen LogP contribution in [-0.2, 0) is 13.0 Å². The molecule has 0 bridgehead atoms. The third kappa shape index (κ3) is 3.45. The third-order valence-electron chi connectivity index (χ3n) is 3.11. The Kier molecular flexibility index (Phi) is 4.90. The zero-order chi connectivity index (χ0) is 14.5. The molecular formula is C16H15BrFNO. The van der Waals surface area contributed by atoms with E-state index in [9.17, 15) is 9.18 Å². The molecule has 1 amide bonds. The molecule has 2 aromatic rings. The number of carbonyl (C=O) groups is 1. The summed E-state index contributed by atoms with van der Waals surface area (Å²) in [7, 11) is 0. The van der Waals surface area contributed by atoms with Gasteiger partial charge in [0.25, 0.3) is 5.91 Å². The lowest BCUT2D eigenvalue weighted by molar-refractivity contribution is 0.0946.